The van der Waals surface area contributed by atoms with Crippen LogP contribution in [0.1, 0.15) is 54.9 Å². The average Bonchev–Trinajstić information content (AvgIpc) is 2.89. The number of Topliss-reactive ketones (excluding diaryl/α,β-unsaturated/α-hetero) is 1. The number of carboxylic acid groups (broad SMARTS) is 1. The Morgan fingerprint density at radius 1 is 1.21 bits per heavy atom. The van der Waals surface area contributed by atoms with Gasteiger partial charge in [0.25, 0.3) is 0 Å². The van der Waals surface area contributed by atoms with Crippen LogP contribution in [-0.2, 0) is 19.1 Å². The van der Waals surface area contributed by atoms with E-state index in [0.29, 0.717) is 0 Å². The number of rotatable bonds is 9. The summed E-state index contributed by atoms with van der Waals surface area (Å²) in [5.41, 5.74) is 1.00. The van der Waals surface area contributed by atoms with Crippen LogP contribution >= 0.6 is 0 Å². The summed E-state index contributed by atoms with van der Waals surface area (Å²) in [7, 11) is 0. The number of carbonyl (C=O) groups excluding carboxylic acids is 2. The standard InChI is InChI=1S/C24H34O5/c1-8-16(3)20(25)17(4)14-15(2)12-10-9-11-13-24(7)19(6)23(28)29-21(24)18(5)22(26)27/h9-14,16,18-19,21H,8H2,1-7H3,(H,26,27)/b10-9-,13-11-,15-12-,17-14+/t16-,18+,19-,21-,24+/m0/s1. The first-order valence-corrected chi connectivity index (χ1v) is 10.1. The van der Waals surface area contributed by atoms with E-state index >= 15 is 0 Å². The maximum absolute atomic E-state index is 12.2. The fourth-order valence-corrected chi connectivity index (χ4v) is 3.43. The van der Waals surface area contributed by atoms with Crippen molar-refractivity contribution in [2.24, 2.45) is 23.2 Å². The molecule has 29 heavy (non-hydrogen) atoms. The van der Waals surface area contributed by atoms with E-state index in [-0.39, 0.29) is 17.7 Å². The number of cyclic esters (lactones) is 1. The number of carbonyl (C=O) groups is 3. The van der Waals surface area contributed by atoms with Crippen LogP contribution in [0.5, 0.6) is 0 Å². The summed E-state index contributed by atoms with van der Waals surface area (Å²) < 4.78 is 5.36. The minimum absolute atomic E-state index is 0.0257. The molecule has 160 valence electrons. The molecule has 0 saturated carbocycles. The predicted octanol–water partition coefficient (Wildman–Crippen LogP) is 4.90. The summed E-state index contributed by atoms with van der Waals surface area (Å²) in [6.07, 6.45) is 11.2. The summed E-state index contributed by atoms with van der Waals surface area (Å²) in [4.78, 5) is 35.5. The van der Waals surface area contributed by atoms with Gasteiger partial charge in [-0.1, -0.05) is 69.7 Å². The lowest BCUT2D eigenvalue weighted by Crippen LogP contribution is -2.38. The smallest absolute Gasteiger partial charge is 0.310 e. The quantitative estimate of drug-likeness (QED) is 0.337. The lowest BCUT2D eigenvalue weighted by atomic mass is 9.72. The van der Waals surface area contributed by atoms with E-state index in [1.807, 2.05) is 71.1 Å². The van der Waals surface area contributed by atoms with Gasteiger partial charge in [-0.05, 0) is 32.8 Å². The molecule has 1 aliphatic heterocycles. The number of ether oxygens (including phenoxy) is 1. The molecule has 1 rings (SSSR count). The Bertz CT molecular complexity index is 755. The Kier molecular flexibility index (Phi) is 8.80. The Balaban J connectivity index is 2.90. The largest absolute Gasteiger partial charge is 0.481 e. The van der Waals surface area contributed by atoms with E-state index in [9.17, 15) is 19.5 Å². The van der Waals surface area contributed by atoms with Gasteiger partial charge in [-0.2, -0.15) is 0 Å². The van der Waals surface area contributed by atoms with Gasteiger partial charge in [0.15, 0.2) is 5.78 Å². The molecular weight excluding hydrogens is 368 g/mol. The van der Waals surface area contributed by atoms with Crippen molar-refractivity contribution in [1.82, 2.24) is 0 Å². The molecule has 0 radical (unpaired) electrons. The van der Waals surface area contributed by atoms with Crippen molar-refractivity contribution in [2.75, 3.05) is 0 Å². The number of hydrogen-bond acceptors (Lipinski definition) is 4. The Labute approximate surface area is 174 Å². The molecule has 1 saturated heterocycles. The maximum atomic E-state index is 12.2. The second-order valence-corrected chi connectivity index (χ2v) is 8.23. The van der Waals surface area contributed by atoms with E-state index in [0.717, 1.165) is 17.6 Å². The van der Waals surface area contributed by atoms with Gasteiger partial charge < -0.3 is 9.84 Å². The first kappa shape index (κ1) is 24.6. The summed E-state index contributed by atoms with van der Waals surface area (Å²) >= 11 is 0. The number of hydrogen-bond donors (Lipinski definition) is 1. The fourth-order valence-electron chi connectivity index (χ4n) is 3.43. The second kappa shape index (κ2) is 10.4. The molecule has 1 N–H and O–H groups in total. The van der Waals surface area contributed by atoms with Gasteiger partial charge in [-0.15, -0.1) is 0 Å². The number of esters is 1. The molecule has 0 amide bonds. The molecule has 0 aromatic rings. The summed E-state index contributed by atoms with van der Waals surface area (Å²) in [6.45, 7) is 12.9. The third-order valence-corrected chi connectivity index (χ3v) is 5.92. The zero-order valence-corrected chi connectivity index (χ0v) is 18.6. The molecule has 0 aromatic heterocycles. The third kappa shape index (κ3) is 6.02. The SMILES string of the molecule is CC[C@H](C)C(=O)/C(C)=C/C(C)=C\C=C/C=C\[C@]1(C)[C@@H](C)C(=O)O[C@H]1[C@@H](C)C(=O)O. The molecule has 0 bridgehead atoms. The number of allylic oxidation sites excluding steroid dienone is 7. The highest BCUT2D eigenvalue weighted by molar-refractivity contribution is 5.96. The minimum atomic E-state index is -0.986. The molecule has 5 nitrogen and oxygen atoms in total. The summed E-state index contributed by atoms with van der Waals surface area (Å²) in [6, 6.07) is 0. The van der Waals surface area contributed by atoms with Crippen LogP contribution in [0.4, 0.5) is 0 Å². The molecule has 5 atom stereocenters. The highest BCUT2D eigenvalue weighted by Crippen LogP contribution is 2.44. The fraction of sp³-hybridized carbons (Fsp3) is 0.542. The van der Waals surface area contributed by atoms with E-state index < -0.39 is 29.3 Å². The number of aliphatic carboxylic acids is 1. The van der Waals surface area contributed by atoms with Gasteiger partial charge in [-0.25, -0.2) is 0 Å². The van der Waals surface area contributed by atoms with E-state index in [4.69, 9.17) is 4.74 Å². The van der Waals surface area contributed by atoms with Crippen molar-refractivity contribution < 1.29 is 24.2 Å². The summed E-state index contributed by atoms with van der Waals surface area (Å²) in [5.74, 6) is -2.39. The van der Waals surface area contributed by atoms with Crippen molar-refractivity contribution in [3.8, 4) is 0 Å². The van der Waals surface area contributed by atoms with Crippen molar-refractivity contribution in [2.45, 2.75) is 61.0 Å². The third-order valence-electron chi connectivity index (χ3n) is 5.92. The molecule has 0 unspecified atom stereocenters. The lowest BCUT2D eigenvalue weighted by molar-refractivity contribution is -0.153. The van der Waals surface area contributed by atoms with Crippen LogP contribution in [0.3, 0.4) is 0 Å². The van der Waals surface area contributed by atoms with Crippen LogP contribution in [0.15, 0.2) is 47.6 Å². The minimum Gasteiger partial charge on any atom is -0.481 e. The molecule has 1 heterocycles. The Morgan fingerprint density at radius 3 is 2.38 bits per heavy atom. The van der Waals surface area contributed by atoms with Gasteiger partial charge >= 0.3 is 11.9 Å². The first-order valence-electron chi connectivity index (χ1n) is 10.1. The van der Waals surface area contributed by atoms with Crippen molar-refractivity contribution >= 4 is 17.7 Å². The van der Waals surface area contributed by atoms with E-state index in [1.54, 1.807) is 13.8 Å². The zero-order chi connectivity index (χ0) is 22.4. The van der Waals surface area contributed by atoms with Crippen LogP contribution in [0, 0.1) is 23.2 Å². The summed E-state index contributed by atoms with van der Waals surface area (Å²) in [5, 5.41) is 9.31. The van der Waals surface area contributed by atoms with Gasteiger partial charge in [0, 0.05) is 11.3 Å². The molecule has 1 fully saturated rings. The van der Waals surface area contributed by atoms with E-state index in [1.165, 1.54) is 0 Å². The van der Waals surface area contributed by atoms with Crippen molar-refractivity contribution in [3.63, 3.8) is 0 Å². The molecule has 0 aromatic carbocycles. The van der Waals surface area contributed by atoms with E-state index in [2.05, 4.69) is 0 Å². The van der Waals surface area contributed by atoms with Crippen LogP contribution in [0.25, 0.3) is 0 Å². The maximum Gasteiger partial charge on any atom is 0.310 e. The van der Waals surface area contributed by atoms with Crippen molar-refractivity contribution in [3.05, 3.63) is 47.6 Å². The van der Waals surface area contributed by atoms with Gasteiger partial charge in [0.1, 0.15) is 6.10 Å². The van der Waals surface area contributed by atoms with Crippen LogP contribution in [-0.4, -0.2) is 28.9 Å². The van der Waals surface area contributed by atoms with Gasteiger partial charge in [0.05, 0.1) is 11.8 Å². The number of ketones is 1. The highest BCUT2D eigenvalue weighted by atomic mass is 16.6. The van der Waals surface area contributed by atoms with Crippen LogP contribution in [0.2, 0.25) is 0 Å². The average molecular weight is 403 g/mol. The van der Waals surface area contributed by atoms with Crippen LogP contribution < -0.4 is 0 Å². The van der Waals surface area contributed by atoms with Crippen molar-refractivity contribution in [1.29, 1.82) is 0 Å². The number of carboxylic acids is 1. The Hall–Kier alpha value is -2.43. The zero-order valence-electron chi connectivity index (χ0n) is 18.6. The molecule has 1 aliphatic rings. The normalized spacial score (nSPS) is 28.0. The molecule has 0 aliphatic carbocycles. The van der Waals surface area contributed by atoms with Gasteiger partial charge in [-0.3, -0.25) is 14.4 Å². The monoisotopic (exact) mass is 402 g/mol. The lowest BCUT2D eigenvalue weighted by Gasteiger charge is -2.30. The van der Waals surface area contributed by atoms with Gasteiger partial charge in [0.2, 0.25) is 0 Å². The first-order chi connectivity index (χ1) is 13.5. The molecular formula is C24H34O5. The highest BCUT2D eigenvalue weighted by Gasteiger charge is 2.53. The Morgan fingerprint density at radius 2 is 1.83 bits per heavy atom. The second-order valence-electron chi connectivity index (χ2n) is 8.23. The predicted molar refractivity (Wildman–Crippen MR) is 114 cm³/mol. The molecule has 5 heteroatoms. The topological polar surface area (TPSA) is 80.7 Å². The molecule has 0 spiro atoms.